The zero-order chi connectivity index (χ0) is 15.0. The van der Waals surface area contributed by atoms with Gasteiger partial charge in [0.05, 0.1) is 5.69 Å². The van der Waals surface area contributed by atoms with Crippen LogP contribution in [0.5, 0.6) is 0 Å². The standard InChI is InChI=1S/C16H12F2N2O/c1-9-5-6-14(12(18)7-9)20-16(21)15-8-10-11(17)3-2-4-13(10)19-15/h2-8,19H,1H3,(H,20,21). The molecule has 0 fully saturated rings. The minimum atomic E-state index is -0.520. The van der Waals surface area contributed by atoms with E-state index in [-0.39, 0.29) is 11.4 Å². The van der Waals surface area contributed by atoms with Crippen LogP contribution in [0.2, 0.25) is 0 Å². The molecule has 2 aromatic carbocycles. The van der Waals surface area contributed by atoms with Gasteiger partial charge in [-0.25, -0.2) is 8.78 Å². The fourth-order valence-electron chi connectivity index (χ4n) is 2.15. The maximum atomic E-state index is 13.7. The van der Waals surface area contributed by atoms with Crippen molar-refractivity contribution >= 4 is 22.5 Å². The summed E-state index contributed by atoms with van der Waals surface area (Å²) in [6.07, 6.45) is 0. The number of benzene rings is 2. The molecule has 0 saturated carbocycles. The Bertz CT molecular complexity index is 839. The number of amides is 1. The molecule has 3 nitrogen and oxygen atoms in total. The van der Waals surface area contributed by atoms with Gasteiger partial charge in [0.25, 0.3) is 5.91 Å². The van der Waals surface area contributed by atoms with Gasteiger partial charge in [-0.15, -0.1) is 0 Å². The molecule has 5 heteroatoms. The predicted molar refractivity (Wildman–Crippen MR) is 77.3 cm³/mol. The minimum absolute atomic E-state index is 0.0877. The number of hydrogen-bond acceptors (Lipinski definition) is 1. The van der Waals surface area contributed by atoms with E-state index in [0.29, 0.717) is 10.9 Å². The number of carbonyl (C=O) groups excluding carboxylic acids is 1. The predicted octanol–water partition coefficient (Wildman–Crippen LogP) is 4.01. The summed E-state index contributed by atoms with van der Waals surface area (Å²) in [6, 6.07) is 10.5. The topological polar surface area (TPSA) is 44.9 Å². The third kappa shape index (κ3) is 2.50. The van der Waals surface area contributed by atoms with E-state index in [9.17, 15) is 13.6 Å². The number of carbonyl (C=O) groups is 1. The van der Waals surface area contributed by atoms with E-state index in [4.69, 9.17) is 0 Å². The Hall–Kier alpha value is -2.69. The fourth-order valence-corrected chi connectivity index (χ4v) is 2.15. The Morgan fingerprint density at radius 1 is 1.10 bits per heavy atom. The van der Waals surface area contributed by atoms with Crippen LogP contribution in [0.25, 0.3) is 10.9 Å². The Morgan fingerprint density at radius 3 is 2.62 bits per heavy atom. The lowest BCUT2D eigenvalue weighted by molar-refractivity contribution is 0.102. The van der Waals surface area contributed by atoms with Gasteiger partial charge in [0.1, 0.15) is 17.3 Å². The highest BCUT2D eigenvalue weighted by molar-refractivity contribution is 6.06. The average Bonchev–Trinajstić information content (AvgIpc) is 2.87. The zero-order valence-corrected chi connectivity index (χ0v) is 11.2. The van der Waals surface area contributed by atoms with Crippen molar-refractivity contribution in [1.82, 2.24) is 4.98 Å². The van der Waals surface area contributed by atoms with Crippen molar-refractivity contribution in [3.05, 3.63) is 65.4 Å². The molecule has 0 saturated heterocycles. The molecule has 0 atom stereocenters. The first-order valence-electron chi connectivity index (χ1n) is 6.39. The van der Waals surface area contributed by atoms with Crippen LogP contribution in [0, 0.1) is 18.6 Å². The lowest BCUT2D eigenvalue weighted by Gasteiger charge is -2.05. The lowest BCUT2D eigenvalue weighted by atomic mass is 10.2. The molecule has 1 heterocycles. The van der Waals surface area contributed by atoms with Crippen molar-refractivity contribution in [1.29, 1.82) is 0 Å². The van der Waals surface area contributed by atoms with Crippen molar-refractivity contribution in [2.45, 2.75) is 6.92 Å². The van der Waals surface area contributed by atoms with Crippen LogP contribution in [-0.4, -0.2) is 10.9 Å². The van der Waals surface area contributed by atoms with E-state index in [1.165, 1.54) is 24.3 Å². The van der Waals surface area contributed by atoms with Crippen LogP contribution in [0.1, 0.15) is 16.1 Å². The summed E-state index contributed by atoms with van der Waals surface area (Å²) in [5, 5.41) is 2.79. The molecule has 0 aliphatic carbocycles. The number of aromatic amines is 1. The van der Waals surface area contributed by atoms with Gasteiger partial charge in [-0.1, -0.05) is 12.1 Å². The summed E-state index contributed by atoms with van der Waals surface area (Å²) >= 11 is 0. The van der Waals surface area contributed by atoms with Gasteiger partial charge >= 0.3 is 0 Å². The van der Waals surface area contributed by atoms with Crippen molar-refractivity contribution in [3.63, 3.8) is 0 Å². The molecule has 3 rings (SSSR count). The number of rotatable bonds is 2. The van der Waals surface area contributed by atoms with E-state index < -0.39 is 17.5 Å². The molecule has 3 aromatic rings. The van der Waals surface area contributed by atoms with Crippen LogP contribution < -0.4 is 5.32 Å². The average molecular weight is 286 g/mol. The number of fused-ring (bicyclic) bond motifs is 1. The second kappa shape index (κ2) is 5.01. The molecule has 0 aliphatic heterocycles. The maximum Gasteiger partial charge on any atom is 0.272 e. The number of aromatic nitrogens is 1. The normalized spacial score (nSPS) is 10.8. The summed E-state index contributed by atoms with van der Waals surface area (Å²) < 4.78 is 27.3. The van der Waals surface area contributed by atoms with Crippen molar-refractivity contribution in [2.75, 3.05) is 5.32 Å². The highest BCUT2D eigenvalue weighted by Crippen LogP contribution is 2.20. The molecule has 106 valence electrons. The van der Waals surface area contributed by atoms with E-state index in [1.54, 1.807) is 25.1 Å². The van der Waals surface area contributed by atoms with Crippen molar-refractivity contribution in [3.8, 4) is 0 Å². The van der Waals surface area contributed by atoms with E-state index in [2.05, 4.69) is 10.3 Å². The largest absolute Gasteiger partial charge is 0.350 e. The molecule has 2 N–H and O–H groups in total. The highest BCUT2D eigenvalue weighted by atomic mass is 19.1. The Morgan fingerprint density at radius 2 is 1.90 bits per heavy atom. The Kier molecular flexibility index (Phi) is 3.17. The molecule has 1 amide bonds. The molecular weight excluding hydrogens is 274 g/mol. The highest BCUT2D eigenvalue weighted by Gasteiger charge is 2.13. The smallest absolute Gasteiger partial charge is 0.272 e. The van der Waals surface area contributed by atoms with Gasteiger partial charge in [0.15, 0.2) is 0 Å². The van der Waals surface area contributed by atoms with Gasteiger partial charge in [0, 0.05) is 10.9 Å². The fraction of sp³-hybridized carbons (Fsp3) is 0.0625. The molecule has 0 spiro atoms. The molecule has 21 heavy (non-hydrogen) atoms. The van der Waals surface area contributed by atoms with Gasteiger partial charge in [-0.2, -0.15) is 0 Å². The van der Waals surface area contributed by atoms with Gasteiger partial charge in [0.2, 0.25) is 0 Å². The summed E-state index contributed by atoms with van der Waals surface area (Å²) in [5.74, 6) is -1.44. The molecule has 1 aromatic heterocycles. The first-order valence-corrected chi connectivity index (χ1v) is 6.39. The second-order valence-corrected chi connectivity index (χ2v) is 4.82. The Labute approximate surface area is 119 Å². The Balaban J connectivity index is 1.92. The number of nitrogens with one attached hydrogen (secondary N) is 2. The first kappa shape index (κ1) is 13.3. The van der Waals surface area contributed by atoms with E-state index >= 15 is 0 Å². The molecule has 0 bridgehead atoms. The number of hydrogen-bond donors (Lipinski definition) is 2. The first-order chi connectivity index (χ1) is 10.0. The minimum Gasteiger partial charge on any atom is -0.350 e. The summed E-state index contributed by atoms with van der Waals surface area (Å²) in [7, 11) is 0. The number of aryl methyl sites for hydroxylation is 1. The van der Waals surface area contributed by atoms with Crippen molar-refractivity contribution < 1.29 is 13.6 Å². The van der Waals surface area contributed by atoms with Crippen molar-refractivity contribution in [2.24, 2.45) is 0 Å². The summed E-state index contributed by atoms with van der Waals surface area (Å²) in [5.41, 5.74) is 1.54. The molecule has 0 unspecified atom stereocenters. The quantitative estimate of drug-likeness (QED) is 0.734. The van der Waals surface area contributed by atoms with Gasteiger partial charge in [-0.05, 0) is 42.8 Å². The monoisotopic (exact) mass is 286 g/mol. The summed E-state index contributed by atoms with van der Waals surface area (Å²) in [6.45, 7) is 1.76. The number of halogens is 2. The third-order valence-corrected chi connectivity index (χ3v) is 3.23. The summed E-state index contributed by atoms with van der Waals surface area (Å²) in [4.78, 5) is 14.9. The van der Waals surface area contributed by atoms with Crippen LogP contribution in [0.15, 0.2) is 42.5 Å². The number of H-pyrrole nitrogens is 1. The lowest BCUT2D eigenvalue weighted by Crippen LogP contribution is -2.13. The SMILES string of the molecule is Cc1ccc(NC(=O)c2cc3c(F)cccc3[nH]2)c(F)c1. The maximum absolute atomic E-state index is 13.7. The third-order valence-electron chi connectivity index (χ3n) is 3.23. The molecular formula is C16H12F2N2O. The number of anilines is 1. The van der Waals surface area contributed by atoms with Crippen LogP contribution >= 0.6 is 0 Å². The van der Waals surface area contributed by atoms with Gasteiger partial charge < -0.3 is 10.3 Å². The molecule has 0 radical (unpaired) electrons. The molecule has 0 aliphatic rings. The van der Waals surface area contributed by atoms with Crippen LogP contribution in [0.4, 0.5) is 14.5 Å². The van der Waals surface area contributed by atoms with E-state index in [0.717, 1.165) is 5.56 Å². The van der Waals surface area contributed by atoms with Crippen LogP contribution in [-0.2, 0) is 0 Å². The van der Waals surface area contributed by atoms with E-state index in [1.807, 2.05) is 0 Å². The van der Waals surface area contributed by atoms with Crippen LogP contribution in [0.3, 0.4) is 0 Å². The zero-order valence-electron chi connectivity index (χ0n) is 11.2. The van der Waals surface area contributed by atoms with Gasteiger partial charge in [-0.3, -0.25) is 4.79 Å². The second-order valence-electron chi connectivity index (χ2n) is 4.82.